The quantitative estimate of drug-likeness (QED) is 0.700. The molecular formula is C21H21NO5. The molecule has 0 saturated carbocycles. The lowest BCUT2D eigenvalue weighted by Crippen LogP contribution is -2.23. The van der Waals surface area contributed by atoms with Gasteiger partial charge in [-0.2, -0.15) is 0 Å². The molecule has 1 amide bonds. The van der Waals surface area contributed by atoms with Crippen molar-refractivity contribution in [1.29, 1.82) is 0 Å². The summed E-state index contributed by atoms with van der Waals surface area (Å²) in [6.45, 7) is 4.07. The van der Waals surface area contributed by atoms with E-state index in [1.165, 1.54) is 20.3 Å². The molecule has 2 aromatic carbocycles. The zero-order valence-electron chi connectivity index (χ0n) is 15.7. The van der Waals surface area contributed by atoms with Crippen molar-refractivity contribution < 1.29 is 18.7 Å². The Kier molecular flexibility index (Phi) is 5.16. The van der Waals surface area contributed by atoms with E-state index in [1.807, 2.05) is 26.0 Å². The molecule has 0 radical (unpaired) electrons. The molecule has 3 rings (SSSR count). The summed E-state index contributed by atoms with van der Waals surface area (Å²) in [5.74, 6) is 0.745. The molecule has 0 aliphatic rings. The van der Waals surface area contributed by atoms with Crippen LogP contribution in [-0.2, 0) is 6.54 Å². The Morgan fingerprint density at radius 1 is 1.04 bits per heavy atom. The van der Waals surface area contributed by atoms with Crippen molar-refractivity contribution in [2.24, 2.45) is 0 Å². The number of carbonyl (C=O) groups is 1. The van der Waals surface area contributed by atoms with E-state index in [2.05, 4.69) is 5.32 Å². The summed E-state index contributed by atoms with van der Waals surface area (Å²) < 4.78 is 15.8. The summed E-state index contributed by atoms with van der Waals surface area (Å²) in [5.41, 5.74) is 3.21. The fourth-order valence-corrected chi connectivity index (χ4v) is 2.93. The van der Waals surface area contributed by atoms with Crippen LogP contribution < -0.4 is 20.4 Å². The zero-order chi connectivity index (χ0) is 19.6. The third-order valence-corrected chi connectivity index (χ3v) is 4.60. The molecule has 0 saturated heterocycles. The molecule has 0 aliphatic heterocycles. The highest BCUT2D eigenvalue weighted by Crippen LogP contribution is 2.27. The van der Waals surface area contributed by atoms with Crippen LogP contribution in [0.15, 0.2) is 45.6 Å². The molecule has 0 atom stereocenters. The molecule has 27 heavy (non-hydrogen) atoms. The zero-order valence-corrected chi connectivity index (χ0v) is 15.7. The van der Waals surface area contributed by atoms with Gasteiger partial charge in [0.15, 0.2) is 11.5 Å². The van der Waals surface area contributed by atoms with Crippen molar-refractivity contribution in [3.63, 3.8) is 0 Å². The molecule has 1 heterocycles. The van der Waals surface area contributed by atoms with Crippen LogP contribution >= 0.6 is 0 Å². The number of nitrogens with one attached hydrogen (secondary N) is 1. The monoisotopic (exact) mass is 367 g/mol. The summed E-state index contributed by atoms with van der Waals surface area (Å²) in [6.07, 6.45) is 0. The first-order chi connectivity index (χ1) is 12.9. The Bertz CT molecular complexity index is 1070. The average molecular weight is 367 g/mol. The molecule has 0 spiro atoms. The van der Waals surface area contributed by atoms with Crippen LogP contribution in [0.4, 0.5) is 0 Å². The number of ether oxygens (including phenoxy) is 2. The minimum atomic E-state index is -0.438. The van der Waals surface area contributed by atoms with Gasteiger partial charge < -0.3 is 19.2 Å². The maximum Gasteiger partial charge on any atom is 0.336 e. The minimum absolute atomic E-state index is 0.206. The van der Waals surface area contributed by atoms with Crippen LogP contribution in [0.5, 0.6) is 11.5 Å². The molecule has 0 unspecified atom stereocenters. The topological polar surface area (TPSA) is 77.8 Å². The van der Waals surface area contributed by atoms with Gasteiger partial charge in [-0.3, -0.25) is 4.79 Å². The van der Waals surface area contributed by atoms with E-state index in [0.29, 0.717) is 28.2 Å². The largest absolute Gasteiger partial charge is 0.493 e. The average Bonchev–Trinajstić information content (AvgIpc) is 2.68. The van der Waals surface area contributed by atoms with Gasteiger partial charge >= 0.3 is 5.63 Å². The van der Waals surface area contributed by atoms with Crippen molar-refractivity contribution in [3.8, 4) is 11.5 Å². The number of aryl methyl sites for hydroxylation is 2. The smallest absolute Gasteiger partial charge is 0.336 e. The molecule has 6 heteroatoms. The Labute approximate surface area is 156 Å². The molecule has 0 aliphatic carbocycles. The summed E-state index contributed by atoms with van der Waals surface area (Å²) >= 11 is 0. The van der Waals surface area contributed by atoms with E-state index >= 15 is 0 Å². The Morgan fingerprint density at radius 3 is 2.48 bits per heavy atom. The van der Waals surface area contributed by atoms with Gasteiger partial charge in [-0.05, 0) is 48.7 Å². The van der Waals surface area contributed by atoms with Gasteiger partial charge in [0.1, 0.15) is 5.58 Å². The number of benzene rings is 2. The predicted octanol–water partition coefficient (Wildman–Crippen LogP) is 3.36. The van der Waals surface area contributed by atoms with Gasteiger partial charge in [-0.15, -0.1) is 0 Å². The lowest BCUT2D eigenvalue weighted by molar-refractivity contribution is 0.0950. The van der Waals surface area contributed by atoms with Crippen LogP contribution in [0.25, 0.3) is 11.0 Å². The summed E-state index contributed by atoms with van der Waals surface area (Å²) in [5, 5.41) is 3.65. The SMILES string of the molecule is COc1ccc(C(=O)NCc2cc(=O)oc3c(C)c(C)ccc23)cc1OC. The molecule has 6 nitrogen and oxygen atoms in total. The van der Waals surface area contributed by atoms with Gasteiger partial charge in [-0.1, -0.05) is 12.1 Å². The summed E-state index contributed by atoms with van der Waals surface area (Å²) in [7, 11) is 3.05. The fraction of sp³-hybridized carbons (Fsp3) is 0.238. The normalized spacial score (nSPS) is 10.7. The van der Waals surface area contributed by atoms with Gasteiger partial charge in [0.05, 0.1) is 14.2 Å². The number of fused-ring (bicyclic) bond motifs is 1. The van der Waals surface area contributed by atoms with E-state index in [9.17, 15) is 9.59 Å². The molecule has 0 fully saturated rings. The second-order valence-corrected chi connectivity index (χ2v) is 6.23. The van der Waals surface area contributed by atoms with Crippen molar-refractivity contribution in [1.82, 2.24) is 5.32 Å². The van der Waals surface area contributed by atoms with Crippen LogP contribution in [0, 0.1) is 13.8 Å². The lowest BCUT2D eigenvalue weighted by Gasteiger charge is -2.11. The minimum Gasteiger partial charge on any atom is -0.493 e. The number of hydrogen-bond acceptors (Lipinski definition) is 5. The number of amides is 1. The molecule has 1 aromatic heterocycles. The van der Waals surface area contributed by atoms with Crippen molar-refractivity contribution >= 4 is 16.9 Å². The Balaban J connectivity index is 1.88. The lowest BCUT2D eigenvalue weighted by atomic mass is 10.0. The maximum atomic E-state index is 12.5. The molecule has 140 valence electrons. The van der Waals surface area contributed by atoms with Crippen LogP contribution in [-0.4, -0.2) is 20.1 Å². The molecule has 3 aromatic rings. The first-order valence-electron chi connectivity index (χ1n) is 8.47. The number of carbonyl (C=O) groups excluding carboxylic acids is 1. The highest BCUT2D eigenvalue weighted by atomic mass is 16.5. The van der Waals surface area contributed by atoms with E-state index in [-0.39, 0.29) is 12.5 Å². The van der Waals surface area contributed by atoms with E-state index < -0.39 is 5.63 Å². The van der Waals surface area contributed by atoms with Crippen molar-refractivity contribution in [2.45, 2.75) is 20.4 Å². The third-order valence-electron chi connectivity index (χ3n) is 4.60. The van der Waals surface area contributed by atoms with Crippen LogP contribution in [0.1, 0.15) is 27.0 Å². The first-order valence-corrected chi connectivity index (χ1v) is 8.47. The Morgan fingerprint density at radius 2 is 1.78 bits per heavy atom. The van der Waals surface area contributed by atoms with Gasteiger partial charge in [-0.25, -0.2) is 4.79 Å². The molecule has 0 bridgehead atoms. The van der Waals surface area contributed by atoms with E-state index in [4.69, 9.17) is 13.9 Å². The van der Waals surface area contributed by atoms with Gasteiger partial charge in [0, 0.05) is 23.6 Å². The third kappa shape index (κ3) is 3.65. The summed E-state index contributed by atoms with van der Waals surface area (Å²) in [6, 6.07) is 10.2. The maximum absolute atomic E-state index is 12.5. The fourth-order valence-electron chi connectivity index (χ4n) is 2.93. The van der Waals surface area contributed by atoms with Gasteiger partial charge in [0.25, 0.3) is 5.91 Å². The van der Waals surface area contributed by atoms with Crippen molar-refractivity contribution in [3.05, 3.63) is 69.1 Å². The second-order valence-electron chi connectivity index (χ2n) is 6.23. The van der Waals surface area contributed by atoms with E-state index in [1.54, 1.807) is 18.2 Å². The predicted molar refractivity (Wildman–Crippen MR) is 103 cm³/mol. The van der Waals surface area contributed by atoms with Crippen molar-refractivity contribution in [2.75, 3.05) is 14.2 Å². The standard InChI is InChI=1S/C21H21NO5/c1-12-5-7-16-15(10-19(23)27-20(16)13(12)2)11-22-21(24)14-6-8-17(25-3)18(9-14)26-4/h5-10H,11H2,1-4H3,(H,22,24). The highest BCUT2D eigenvalue weighted by molar-refractivity contribution is 5.95. The molecule has 1 N–H and O–H groups in total. The summed E-state index contributed by atoms with van der Waals surface area (Å²) in [4.78, 5) is 24.4. The number of hydrogen-bond donors (Lipinski definition) is 1. The van der Waals surface area contributed by atoms with Crippen LogP contribution in [0.2, 0.25) is 0 Å². The highest BCUT2D eigenvalue weighted by Gasteiger charge is 2.13. The Hall–Kier alpha value is -3.28. The van der Waals surface area contributed by atoms with E-state index in [0.717, 1.165) is 16.5 Å². The number of methoxy groups -OCH3 is 2. The molecular weight excluding hydrogens is 346 g/mol. The number of rotatable bonds is 5. The van der Waals surface area contributed by atoms with Crippen LogP contribution in [0.3, 0.4) is 0 Å². The second kappa shape index (κ2) is 7.53. The first kappa shape index (κ1) is 18.5. The van der Waals surface area contributed by atoms with Gasteiger partial charge in [0.2, 0.25) is 0 Å².